The molecule has 1 N–H and O–H groups in total. The minimum atomic E-state index is 0.640. The highest BCUT2D eigenvalue weighted by atomic mass is 16.5. The number of aromatic nitrogens is 4. The van der Waals surface area contributed by atoms with Crippen molar-refractivity contribution < 1.29 is 4.74 Å². The number of hydrogen-bond donors (Lipinski definition) is 1. The molecule has 1 aromatic rings. The van der Waals surface area contributed by atoms with E-state index in [1.54, 1.807) is 7.05 Å². The summed E-state index contributed by atoms with van der Waals surface area (Å²) in [5.41, 5.74) is 0. The molecule has 6 nitrogen and oxygen atoms in total. The van der Waals surface area contributed by atoms with E-state index in [0.717, 1.165) is 26.2 Å². The molecule has 1 aromatic heterocycles. The fourth-order valence-corrected chi connectivity index (χ4v) is 1.16. The van der Waals surface area contributed by atoms with Crippen molar-refractivity contribution in [3.63, 3.8) is 0 Å². The maximum atomic E-state index is 5.46. The monoisotopic (exact) mass is 227 g/mol. The number of aryl methyl sites for hydroxylation is 1. The fraction of sp³-hybridized carbons (Fsp3) is 0.900. The van der Waals surface area contributed by atoms with E-state index in [1.165, 1.54) is 4.80 Å². The van der Waals surface area contributed by atoms with Crippen molar-refractivity contribution in [2.75, 3.05) is 19.8 Å². The highest BCUT2D eigenvalue weighted by Crippen LogP contribution is 1.98. The van der Waals surface area contributed by atoms with E-state index in [2.05, 4.69) is 34.6 Å². The lowest BCUT2D eigenvalue weighted by Crippen LogP contribution is -2.20. The topological polar surface area (TPSA) is 64.9 Å². The van der Waals surface area contributed by atoms with Crippen LogP contribution in [0.4, 0.5) is 0 Å². The van der Waals surface area contributed by atoms with Crippen molar-refractivity contribution in [1.29, 1.82) is 0 Å². The van der Waals surface area contributed by atoms with Crippen LogP contribution in [0.2, 0.25) is 0 Å². The van der Waals surface area contributed by atoms with Gasteiger partial charge in [0, 0.05) is 13.2 Å². The summed E-state index contributed by atoms with van der Waals surface area (Å²) in [6, 6.07) is 0. The molecular weight excluding hydrogens is 206 g/mol. The third-order valence-electron chi connectivity index (χ3n) is 2.10. The smallest absolute Gasteiger partial charge is 0.188 e. The Hall–Kier alpha value is -1.01. The lowest BCUT2D eigenvalue weighted by atomic mass is 10.1. The third kappa shape index (κ3) is 5.77. The summed E-state index contributed by atoms with van der Waals surface area (Å²) in [4.78, 5) is 1.45. The molecule has 0 radical (unpaired) electrons. The van der Waals surface area contributed by atoms with Gasteiger partial charge in [-0.3, -0.25) is 0 Å². The van der Waals surface area contributed by atoms with Crippen molar-refractivity contribution >= 4 is 0 Å². The molecule has 0 aliphatic rings. The molecule has 0 spiro atoms. The van der Waals surface area contributed by atoms with Crippen molar-refractivity contribution in [2.45, 2.75) is 26.8 Å². The largest absolute Gasteiger partial charge is 0.380 e. The third-order valence-corrected chi connectivity index (χ3v) is 2.10. The van der Waals surface area contributed by atoms with Gasteiger partial charge in [-0.25, -0.2) is 0 Å². The Bertz CT molecular complexity index is 286. The Morgan fingerprint density at radius 3 is 2.81 bits per heavy atom. The predicted octanol–water partition coefficient (Wildman–Crippen LogP) is 0.362. The van der Waals surface area contributed by atoms with Crippen LogP contribution in [0.1, 0.15) is 26.1 Å². The first-order chi connectivity index (χ1) is 7.68. The second-order valence-electron chi connectivity index (χ2n) is 4.17. The van der Waals surface area contributed by atoms with Gasteiger partial charge in [0.05, 0.1) is 20.2 Å². The number of nitrogens with one attached hydrogen (secondary N) is 1. The normalized spacial score (nSPS) is 11.2. The summed E-state index contributed by atoms with van der Waals surface area (Å²) < 4.78 is 5.46. The average molecular weight is 227 g/mol. The van der Waals surface area contributed by atoms with Gasteiger partial charge in [0.15, 0.2) is 5.82 Å². The highest BCUT2D eigenvalue weighted by Gasteiger charge is 1.98. The molecule has 1 heterocycles. The molecule has 0 saturated heterocycles. The van der Waals surface area contributed by atoms with E-state index < -0.39 is 0 Å². The molecule has 0 bridgehead atoms. The average Bonchev–Trinajstić information content (AvgIpc) is 2.62. The molecule has 92 valence electrons. The van der Waals surface area contributed by atoms with Crippen LogP contribution in [-0.4, -0.2) is 40.0 Å². The van der Waals surface area contributed by atoms with E-state index in [0.29, 0.717) is 18.3 Å². The Labute approximate surface area is 96.4 Å². The molecule has 1 rings (SSSR count). The van der Waals surface area contributed by atoms with Crippen molar-refractivity contribution in [2.24, 2.45) is 13.0 Å². The molecule has 0 amide bonds. The van der Waals surface area contributed by atoms with E-state index in [9.17, 15) is 0 Å². The summed E-state index contributed by atoms with van der Waals surface area (Å²) in [7, 11) is 1.76. The lowest BCUT2D eigenvalue weighted by molar-refractivity contribution is 0.125. The quantitative estimate of drug-likeness (QED) is 0.650. The van der Waals surface area contributed by atoms with Gasteiger partial charge in [0.2, 0.25) is 0 Å². The molecule has 0 fully saturated rings. The van der Waals surface area contributed by atoms with Crippen LogP contribution in [0.15, 0.2) is 0 Å². The molecule has 0 aliphatic carbocycles. The molecular formula is C10H21N5O. The van der Waals surface area contributed by atoms with Crippen LogP contribution < -0.4 is 5.32 Å². The van der Waals surface area contributed by atoms with Gasteiger partial charge in [-0.15, -0.1) is 10.2 Å². The van der Waals surface area contributed by atoms with Gasteiger partial charge >= 0.3 is 0 Å². The molecule has 0 unspecified atom stereocenters. The van der Waals surface area contributed by atoms with Gasteiger partial charge in [0.25, 0.3) is 0 Å². The molecule has 0 aromatic carbocycles. The van der Waals surface area contributed by atoms with E-state index in [-0.39, 0.29) is 0 Å². The van der Waals surface area contributed by atoms with Crippen molar-refractivity contribution in [1.82, 2.24) is 25.5 Å². The van der Waals surface area contributed by atoms with E-state index >= 15 is 0 Å². The van der Waals surface area contributed by atoms with Gasteiger partial charge in [-0.2, -0.15) is 4.80 Å². The molecule has 0 saturated carbocycles. The SMILES string of the molecule is CC(C)CCOCCNCc1nnn(C)n1. The van der Waals surface area contributed by atoms with Crippen molar-refractivity contribution in [3.05, 3.63) is 5.82 Å². The second-order valence-corrected chi connectivity index (χ2v) is 4.17. The Kier molecular flexibility index (Phi) is 5.95. The summed E-state index contributed by atoms with van der Waals surface area (Å²) in [5.74, 6) is 1.42. The summed E-state index contributed by atoms with van der Waals surface area (Å²) >= 11 is 0. The minimum absolute atomic E-state index is 0.640. The zero-order valence-corrected chi connectivity index (χ0v) is 10.3. The van der Waals surface area contributed by atoms with E-state index in [1.807, 2.05) is 0 Å². The number of tetrazole rings is 1. The Balaban J connectivity index is 1.92. The van der Waals surface area contributed by atoms with Crippen LogP contribution in [0.5, 0.6) is 0 Å². The first-order valence-corrected chi connectivity index (χ1v) is 5.70. The maximum absolute atomic E-state index is 5.46. The fourth-order valence-electron chi connectivity index (χ4n) is 1.16. The molecule has 0 aliphatic heterocycles. The predicted molar refractivity (Wildman–Crippen MR) is 60.8 cm³/mol. The minimum Gasteiger partial charge on any atom is -0.380 e. The maximum Gasteiger partial charge on any atom is 0.188 e. The highest BCUT2D eigenvalue weighted by molar-refractivity contribution is 4.74. The first kappa shape index (κ1) is 13.1. The molecule has 0 atom stereocenters. The van der Waals surface area contributed by atoms with E-state index in [4.69, 9.17) is 4.74 Å². The van der Waals surface area contributed by atoms with Crippen molar-refractivity contribution in [3.8, 4) is 0 Å². The molecule has 16 heavy (non-hydrogen) atoms. The second kappa shape index (κ2) is 7.29. The van der Waals surface area contributed by atoms with Crippen LogP contribution in [0.3, 0.4) is 0 Å². The van der Waals surface area contributed by atoms with Crippen LogP contribution in [0, 0.1) is 5.92 Å². The number of ether oxygens (including phenoxy) is 1. The Morgan fingerprint density at radius 2 is 2.19 bits per heavy atom. The Morgan fingerprint density at radius 1 is 1.38 bits per heavy atom. The molecule has 6 heteroatoms. The zero-order chi connectivity index (χ0) is 11.8. The number of hydrogen-bond acceptors (Lipinski definition) is 5. The van der Waals surface area contributed by atoms with Gasteiger partial charge < -0.3 is 10.1 Å². The number of nitrogens with zero attached hydrogens (tertiary/aromatic N) is 4. The van der Waals surface area contributed by atoms with Crippen LogP contribution in [-0.2, 0) is 18.3 Å². The first-order valence-electron chi connectivity index (χ1n) is 5.70. The van der Waals surface area contributed by atoms with Gasteiger partial charge in [0.1, 0.15) is 0 Å². The number of rotatable bonds is 8. The summed E-state index contributed by atoms with van der Waals surface area (Å²) in [6.07, 6.45) is 1.12. The standard InChI is InChI=1S/C10H21N5O/c1-9(2)4-6-16-7-5-11-8-10-12-14-15(3)13-10/h9,11H,4-8H2,1-3H3. The summed E-state index contributed by atoms with van der Waals surface area (Å²) in [5, 5.41) is 14.9. The van der Waals surface area contributed by atoms with Crippen LogP contribution in [0.25, 0.3) is 0 Å². The zero-order valence-electron chi connectivity index (χ0n) is 10.3. The van der Waals surface area contributed by atoms with Crippen LogP contribution >= 0.6 is 0 Å². The summed E-state index contributed by atoms with van der Waals surface area (Å²) in [6.45, 7) is 7.41. The van der Waals surface area contributed by atoms with Gasteiger partial charge in [-0.05, 0) is 17.6 Å². The lowest BCUT2D eigenvalue weighted by Gasteiger charge is -2.06. The van der Waals surface area contributed by atoms with Gasteiger partial charge in [-0.1, -0.05) is 13.8 Å².